The molecule has 24 heavy (non-hydrogen) atoms. The first-order chi connectivity index (χ1) is 11.3. The molecule has 1 aromatic rings. The Kier molecular flexibility index (Phi) is 5.99. The minimum Gasteiger partial charge on any atom is -0.474 e. The number of carbonyl (C=O) groups is 1. The maximum atomic E-state index is 12.4. The molecule has 1 saturated heterocycles. The van der Waals surface area contributed by atoms with Crippen molar-refractivity contribution in [3.63, 3.8) is 0 Å². The Hall–Kier alpha value is -1.89. The normalized spacial score (nSPS) is 16.3. The largest absolute Gasteiger partial charge is 0.474 e. The summed E-state index contributed by atoms with van der Waals surface area (Å²) < 4.78 is 5.44. The van der Waals surface area contributed by atoms with Gasteiger partial charge in [0.2, 0.25) is 5.88 Å². The molecule has 0 aromatic carbocycles. The first-order valence-corrected chi connectivity index (χ1v) is 8.63. The molecule has 1 aromatic heterocycles. The smallest absolute Gasteiger partial charge is 0.323 e. The van der Waals surface area contributed by atoms with Gasteiger partial charge in [0.1, 0.15) is 0 Å². The zero-order valence-electron chi connectivity index (χ0n) is 15.4. The number of anilines is 1. The summed E-state index contributed by atoms with van der Waals surface area (Å²) in [5.41, 5.74) is 0.181. The molecule has 0 unspecified atom stereocenters. The molecule has 1 aliphatic heterocycles. The van der Waals surface area contributed by atoms with Crippen LogP contribution < -0.4 is 10.1 Å². The van der Waals surface area contributed by atoms with Crippen LogP contribution >= 0.6 is 0 Å². The summed E-state index contributed by atoms with van der Waals surface area (Å²) in [6.45, 7) is 13.8. The highest BCUT2D eigenvalue weighted by molar-refractivity contribution is 5.88. The van der Waals surface area contributed by atoms with Crippen molar-refractivity contribution in [1.29, 1.82) is 0 Å². The second-order valence-corrected chi connectivity index (χ2v) is 6.99. The van der Waals surface area contributed by atoms with Crippen LogP contribution in [-0.2, 0) is 0 Å². The average Bonchev–Trinajstić information content (AvgIpc) is 2.56. The Bertz CT molecular complexity index is 536. The van der Waals surface area contributed by atoms with Gasteiger partial charge in [-0.3, -0.25) is 10.2 Å². The highest BCUT2D eigenvalue weighted by atomic mass is 16.5. The van der Waals surface area contributed by atoms with E-state index >= 15 is 0 Å². The predicted molar refractivity (Wildman–Crippen MR) is 94.3 cm³/mol. The summed E-state index contributed by atoms with van der Waals surface area (Å²) >= 11 is 0. The Morgan fingerprint density at radius 1 is 1.25 bits per heavy atom. The van der Waals surface area contributed by atoms with Gasteiger partial charge in [-0.1, -0.05) is 6.92 Å². The van der Waals surface area contributed by atoms with Crippen LogP contribution in [0.15, 0.2) is 12.1 Å². The van der Waals surface area contributed by atoms with Crippen molar-refractivity contribution in [3.05, 3.63) is 12.1 Å². The Morgan fingerprint density at radius 2 is 1.92 bits per heavy atom. The Labute approximate surface area is 144 Å². The number of hydrogen-bond acceptors (Lipinski definition) is 5. The van der Waals surface area contributed by atoms with Crippen LogP contribution in [0.4, 0.5) is 10.6 Å². The molecule has 0 saturated carbocycles. The molecular formula is C17H29N5O2. The van der Waals surface area contributed by atoms with Gasteiger partial charge in [0, 0.05) is 37.8 Å². The fourth-order valence-electron chi connectivity index (χ4n) is 2.62. The van der Waals surface area contributed by atoms with Crippen LogP contribution in [0.2, 0.25) is 0 Å². The number of urea groups is 1. The van der Waals surface area contributed by atoms with E-state index in [1.165, 1.54) is 0 Å². The number of nitrogens with one attached hydrogen (secondary N) is 1. The molecule has 0 radical (unpaired) electrons. The monoisotopic (exact) mass is 335 g/mol. The van der Waals surface area contributed by atoms with E-state index in [-0.39, 0.29) is 17.7 Å². The van der Waals surface area contributed by atoms with E-state index in [2.05, 4.69) is 41.2 Å². The van der Waals surface area contributed by atoms with Crippen molar-refractivity contribution in [2.75, 3.05) is 31.5 Å². The van der Waals surface area contributed by atoms with Crippen LogP contribution in [0.5, 0.6) is 5.88 Å². The van der Waals surface area contributed by atoms with Crippen LogP contribution in [0.25, 0.3) is 0 Å². The molecule has 1 fully saturated rings. The van der Waals surface area contributed by atoms with E-state index in [0.29, 0.717) is 11.7 Å². The van der Waals surface area contributed by atoms with Crippen LogP contribution in [0, 0.1) is 0 Å². The molecule has 1 aliphatic rings. The lowest BCUT2D eigenvalue weighted by Gasteiger charge is -2.43. The third kappa shape index (κ3) is 4.80. The predicted octanol–water partition coefficient (Wildman–Crippen LogP) is 2.60. The second kappa shape index (κ2) is 7.79. The zero-order chi connectivity index (χ0) is 17.7. The first-order valence-electron chi connectivity index (χ1n) is 8.63. The van der Waals surface area contributed by atoms with Crippen molar-refractivity contribution >= 4 is 11.8 Å². The van der Waals surface area contributed by atoms with Gasteiger partial charge >= 0.3 is 6.03 Å². The van der Waals surface area contributed by atoms with E-state index in [4.69, 9.17) is 4.74 Å². The van der Waals surface area contributed by atoms with Gasteiger partial charge in [0.25, 0.3) is 0 Å². The van der Waals surface area contributed by atoms with Gasteiger partial charge in [-0.15, -0.1) is 10.2 Å². The fraction of sp³-hybridized carbons (Fsp3) is 0.706. The standard InChI is InChI=1S/C17H29N5O2/c1-6-17(4,5)22-11-9-21(10-12-22)16(23)18-14-7-8-15(20-19-14)24-13(2)3/h7-8,13H,6,9-12H2,1-5H3,(H,18,19,23). The van der Waals surface area contributed by atoms with Crippen molar-refractivity contribution < 1.29 is 9.53 Å². The highest BCUT2D eigenvalue weighted by Gasteiger charge is 2.29. The van der Waals surface area contributed by atoms with Gasteiger partial charge in [0.15, 0.2) is 5.82 Å². The van der Waals surface area contributed by atoms with Gasteiger partial charge in [-0.25, -0.2) is 4.79 Å². The van der Waals surface area contributed by atoms with Crippen molar-refractivity contribution in [2.45, 2.75) is 52.7 Å². The summed E-state index contributed by atoms with van der Waals surface area (Å²) in [6, 6.07) is 3.29. The highest BCUT2D eigenvalue weighted by Crippen LogP contribution is 2.20. The molecule has 0 bridgehead atoms. The minimum absolute atomic E-state index is 0.0448. The van der Waals surface area contributed by atoms with Crippen molar-refractivity contribution in [2.24, 2.45) is 0 Å². The Morgan fingerprint density at radius 3 is 2.42 bits per heavy atom. The lowest BCUT2D eigenvalue weighted by atomic mass is 9.98. The summed E-state index contributed by atoms with van der Waals surface area (Å²) in [5.74, 6) is 0.894. The number of rotatable bonds is 5. The number of ether oxygens (including phenoxy) is 1. The van der Waals surface area contributed by atoms with Gasteiger partial charge < -0.3 is 9.64 Å². The molecule has 7 heteroatoms. The van der Waals surface area contributed by atoms with E-state index in [1.54, 1.807) is 12.1 Å². The SMILES string of the molecule is CCC(C)(C)N1CCN(C(=O)Nc2ccc(OC(C)C)nn2)CC1. The molecule has 0 spiro atoms. The minimum atomic E-state index is -0.129. The lowest BCUT2D eigenvalue weighted by Crippen LogP contribution is -2.56. The molecule has 2 heterocycles. The maximum Gasteiger partial charge on any atom is 0.323 e. The number of carbonyl (C=O) groups excluding carboxylic acids is 1. The third-order valence-corrected chi connectivity index (χ3v) is 4.52. The summed E-state index contributed by atoms with van der Waals surface area (Å²) in [5, 5.41) is 10.7. The number of amides is 2. The van der Waals surface area contributed by atoms with Gasteiger partial charge in [-0.2, -0.15) is 0 Å². The van der Waals surface area contributed by atoms with Crippen molar-refractivity contribution in [1.82, 2.24) is 20.0 Å². The summed E-state index contributed by atoms with van der Waals surface area (Å²) in [4.78, 5) is 16.6. The molecule has 2 rings (SSSR count). The molecule has 7 nitrogen and oxygen atoms in total. The Balaban J connectivity index is 1.85. The molecular weight excluding hydrogens is 306 g/mol. The van der Waals surface area contributed by atoms with Crippen molar-refractivity contribution in [3.8, 4) is 5.88 Å². The van der Waals surface area contributed by atoms with Gasteiger partial charge in [0.05, 0.1) is 6.10 Å². The number of piperazine rings is 1. The molecule has 0 atom stereocenters. The van der Waals surface area contributed by atoms with Crippen LogP contribution in [-0.4, -0.2) is 63.9 Å². The van der Waals surface area contributed by atoms with E-state index < -0.39 is 0 Å². The number of hydrogen-bond donors (Lipinski definition) is 1. The van der Waals surface area contributed by atoms with E-state index in [9.17, 15) is 4.79 Å². The summed E-state index contributed by atoms with van der Waals surface area (Å²) in [7, 11) is 0. The number of aromatic nitrogens is 2. The average molecular weight is 335 g/mol. The van der Waals surface area contributed by atoms with E-state index in [1.807, 2.05) is 18.7 Å². The quantitative estimate of drug-likeness (QED) is 0.895. The zero-order valence-corrected chi connectivity index (χ0v) is 15.4. The topological polar surface area (TPSA) is 70.6 Å². The molecule has 2 amide bonds. The molecule has 134 valence electrons. The second-order valence-electron chi connectivity index (χ2n) is 6.99. The van der Waals surface area contributed by atoms with Crippen LogP contribution in [0.1, 0.15) is 41.0 Å². The number of nitrogens with zero attached hydrogens (tertiary/aromatic N) is 4. The third-order valence-electron chi connectivity index (χ3n) is 4.52. The molecule has 0 aliphatic carbocycles. The van der Waals surface area contributed by atoms with Gasteiger partial charge in [-0.05, 0) is 40.2 Å². The fourth-order valence-corrected chi connectivity index (χ4v) is 2.62. The maximum absolute atomic E-state index is 12.4. The summed E-state index contributed by atoms with van der Waals surface area (Å²) in [6.07, 6.45) is 1.14. The first kappa shape index (κ1) is 18.4. The van der Waals surface area contributed by atoms with Crippen LogP contribution in [0.3, 0.4) is 0 Å². The molecule has 1 N–H and O–H groups in total. The lowest BCUT2D eigenvalue weighted by molar-refractivity contribution is 0.0640. The van der Waals surface area contributed by atoms with E-state index in [0.717, 1.165) is 32.6 Å².